The summed E-state index contributed by atoms with van der Waals surface area (Å²) in [4.78, 5) is 0. The van der Waals surface area contributed by atoms with E-state index in [1.807, 2.05) is 60.7 Å². The molecular formula is C21H17Cl2N3OS. The van der Waals surface area contributed by atoms with E-state index in [4.69, 9.17) is 40.2 Å². The summed E-state index contributed by atoms with van der Waals surface area (Å²) >= 11 is 17.1. The van der Waals surface area contributed by atoms with Crippen molar-refractivity contribution >= 4 is 52.4 Å². The van der Waals surface area contributed by atoms with Crippen LogP contribution in [0.3, 0.4) is 0 Å². The Kier molecular flexibility index (Phi) is 7.25. The lowest BCUT2D eigenvalue weighted by molar-refractivity contribution is 0.306. The van der Waals surface area contributed by atoms with Crippen molar-refractivity contribution in [2.45, 2.75) is 6.61 Å². The van der Waals surface area contributed by atoms with Crippen molar-refractivity contribution in [3.8, 4) is 5.75 Å². The maximum atomic E-state index is 5.95. The van der Waals surface area contributed by atoms with Gasteiger partial charge in [0.25, 0.3) is 0 Å². The van der Waals surface area contributed by atoms with Gasteiger partial charge in [0.05, 0.1) is 6.21 Å². The van der Waals surface area contributed by atoms with Crippen LogP contribution >= 0.6 is 35.4 Å². The van der Waals surface area contributed by atoms with Crippen molar-refractivity contribution in [2.75, 3.05) is 5.32 Å². The predicted octanol–water partition coefficient (Wildman–Crippen LogP) is 5.89. The molecule has 0 aliphatic rings. The van der Waals surface area contributed by atoms with Crippen molar-refractivity contribution in [3.05, 3.63) is 94.0 Å². The molecule has 0 heterocycles. The quantitative estimate of drug-likeness (QED) is 0.291. The maximum absolute atomic E-state index is 5.95. The van der Waals surface area contributed by atoms with Gasteiger partial charge >= 0.3 is 0 Å². The Balaban J connectivity index is 1.51. The van der Waals surface area contributed by atoms with Gasteiger partial charge in [-0.15, -0.1) is 0 Å². The lowest BCUT2D eigenvalue weighted by Crippen LogP contribution is -2.23. The molecule has 0 fully saturated rings. The summed E-state index contributed by atoms with van der Waals surface area (Å²) < 4.78 is 5.81. The predicted molar refractivity (Wildman–Crippen MR) is 121 cm³/mol. The zero-order valence-electron chi connectivity index (χ0n) is 14.7. The molecule has 0 spiro atoms. The lowest BCUT2D eigenvalue weighted by atomic mass is 10.2. The number of ether oxygens (including phenoxy) is 1. The molecule has 0 aliphatic carbocycles. The minimum atomic E-state index is 0.369. The van der Waals surface area contributed by atoms with E-state index in [0.717, 1.165) is 22.6 Å². The minimum Gasteiger partial charge on any atom is -0.489 e. The Hall–Kier alpha value is -2.60. The topological polar surface area (TPSA) is 45.7 Å². The molecule has 0 unspecified atom stereocenters. The monoisotopic (exact) mass is 429 g/mol. The average Bonchev–Trinajstić information content (AvgIpc) is 2.68. The maximum Gasteiger partial charge on any atom is 0.191 e. The van der Waals surface area contributed by atoms with E-state index >= 15 is 0 Å². The fraction of sp³-hybridized carbons (Fsp3) is 0.0476. The van der Waals surface area contributed by atoms with E-state index in [0.29, 0.717) is 21.8 Å². The highest BCUT2D eigenvalue weighted by Gasteiger charge is 1.99. The first-order valence-corrected chi connectivity index (χ1v) is 9.58. The summed E-state index contributed by atoms with van der Waals surface area (Å²) in [6.07, 6.45) is 1.67. The molecule has 4 nitrogen and oxygen atoms in total. The molecule has 0 bridgehead atoms. The van der Waals surface area contributed by atoms with Gasteiger partial charge in [-0.1, -0.05) is 53.5 Å². The van der Waals surface area contributed by atoms with Gasteiger partial charge in [0.2, 0.25) is 0 Å². The third-order valence-electron chi connectivity index (χ3n) is 3.64. The van der Waals surface area contributed by atoms with Crippen LogP contribution in [-0.4, -0.2) is 11.3 Å². The molecule has 0 amide bonds. The first kappa shape index (κ1) is 20.1. The number of anilines is 1. The highest BCUT2D eigenvalue weighted by Crippen LogP contribution is 2.16. The molecule has 3 aromatic rings. The fourth-order valence-electron chi connectivity index (χ4n) is 2.32. The van der Waals surface area contributed by atoms with Crippen LogP contribution < -0.4 is 15.5 Å². The Labute approximate surface area is 179 Å². The number of nitrogens with zero attached hydrogens (tertiary/aromatic N) is 1. The first-order valence-electron chi connectivity index (χ1n) is 8.41. The number of nitrogens with one attached hydrogen (secondary N) is 2. The molecule has 3 aromatic carbocycles. The summed E-state index contributed by atoms with van der Waals surface area (Å²) in [5.74, 6) is 0.749. The molecule has 0 radical (unpaired) electrons. The van der Waals surface area contributed by atoms with Crippen molar-refractivity contribution in [1.29, 1.82) is 0 Å². The second-order valence-electron chi connectivity index (χ2n) is 5.82. The van der Waals surface area contributed by atoms with E-state index in [-0.39, 0.29) is 0 Å². The number of hydrazone groups is 1. The Morgan fingerprint density at radius 2 is 1.75 bits per heavy atom. The summed E-state index contributed by atoms with van der Waals surface area (Å²) in [7, 11) is 0. The summed E-state index contributed by atoms with van der Waals surface area (Å²) in [5, 5.41) is 8.86. The number of halogens is 2. The molecule has 2 N–H and O–H groups in total. The molecule has 0 aromatic heterocycles. The molecule has 7 heteroatoms. The zero-order valence-corrected chi connectivity index (χ0v) is 17.1. The Bertz CT molecular complexity index is 977. The number of hydrogen-bond acceptors (Lipinski definition) is 3. The van der Waals surface area contributed by atoms with Crippen molar-refractivity contribution in [3.63, 3.8) is 0 Å². The smallest absolute Gasteiger partial charge is 0.191 e. The third-order valence-corrected chi connectivity index (χ3v) is 4.32. The van der Waals surface area contributed by atoms with Crippen LogP contribution in [0.5, 0.6) is 5.75 Å². The van der Waals surface area contributed by atoms with Crippen LogP contribution in [-0.2, 0) is 6.61 Å². The second-order valence-corrected chi connectivity index (χ2v) is 7.10. The number of thiocarbonyl (C=S) groups is 1. The highest BCUT2D eigenvalue weighted by molar-refractivity contribution is 7.80. The van der Waals surface area contributed by atoms with Crippen LogP contribution in [0.25, 0.3) is 0 Å². The number of hydrogen-bond donors (Lipinski definition) is 2. The molecular weight excluding hydrogens is 413 g/mol. The van der Waals surface area contributed by atoms with Gasteiger partial charge in [-0.05, 0) is 65.8 Å². The second kappa shape index (κ2) is 10.1. The zero-order chi connectivity index (χ0) is 19.8. The highest BCUT2D eigenvalue weighted by atomic mass is 35.5. The SMILES string of the molecule is S=C(NN=Cc1cccc(OCc2ccc(Cl)cc2)c1)Nc1cccc(Cl)c1. The standard InChI is InChI=1S/C21H17Cl2N3OS/c22-17-9-7-15(8-10-17)14-27-20-6-1-3-16(11-20)13-24-26-21(28)25-19-5-2-4-18(23)12-19/h1-13H,14H2,(H2,25,26,28). The van der Waals surface area contributed by atoms with Gasteiger partial charge in [-0.3, -0.25) is 5.43 Å². The van der Waals surface area contributed by atoms with Crippen LogP contribution in [0, 0.1) is 0 Å². The Morgan fingerprint density at radius 1 is 0.964 bits per heavy atom. The molecule has 0 atom stereocenters. The van der Waals surface area contributed by atoms with Crippen molar-refractivity contribution < 1.29 is 4.74 Å². The van der Waals surface area contributed by atoms with Gasteiger partial charge in [-0.2, -0.15) is 5.10 Å². The van der Waals surface area contributed by atoms with Gasteiger partial charge in [0.15, 0.2) is 5.11 Å². The van der Waals surface area contributed by atoms with Crippen LogP contribution in [0.1, 0.15) is 11.1 Å². The van der Waals surface area contributed by atoms with Gasteiger partial charge in [-0.25, -0.2) is 0 Å². The van der Waals surface area contributed by atoms with Crippen LogP contribution in [0.15, 0.2) is 77.9 Å². The largest absolute Gasteiger partial charge is 0.489 e. The normalized spacial score (nSPS) is 10.6. The molecule has 3 rings (SSSR count). The van der Waals surface area contributed by atoms with Gasteiger partial charge in [0.1, 0.15) is 12.4 Å². The van der Waals surface area contributed by atoms with E-state index < -0.39 is 0 Å². The number of rotatable bonds is 6. The van der Waals surface area contributed by atoms with E-state index in [1.165, 1.54) is 0 Å². The van der Waals surface area contributed by atoms with Crippen molar-refractivity contribution in [1.82, 2.24) is 5.43 Å². The summed E-state index contributed by atoms with van der Waals surface area (Å²) in [6.45, 7) is 0.462. The third kappa shape index (κ3) is 6.53. The van der Waals surface area contributed by atoms with Crippen LogP contribution in [0.2, 0.25) is 10.0 Å². The Morgan fingerprint density at radius 3 is 2.54 bits per heavy atom. The van der Waals surface area contributed by atoms with Gasteiger partial charge in [0, 0.05) is 15.7 Å². The van der Waals surface area contributed by atoms with E-state index in [2.05, 4.69) is 15.8 Å². The molecule has 142 valence electrons. The number of benzene rings is 3. The van der Waals surface area contributed by atoms with Crippen LogP contribution in [0.4, 0.5) is 5.69 Å². The minimum absolute atomic E-state index is 0.369. The molecule has 0 aliphatic heterocycles. The fourth-order valence-corrected chi connectivity index (χ4v) is 2.81. The van der Waals surface area contributed by atoms with E-state index in [1.54, 1.807) is 18.3 Å². The lowest BCUT2D eigenvalue weighted by Gasteiger charge is -2.08. The summed E-state index contributed by atoms with van der Waals surface area (Å²) in [6, 6.07) is 22.5. The van der Waals surface area contributed by atoms with E-state index in [9.17, 15) is 0 Å². The van der Waals surface area contributed by atoms with Crippen molar-refractivity contribution in [2.24, 2.45) is 5.10 Å². The van der Waals surface area contributed by atoms with Gasteiger partial charge < -0.3 is 10.1 Å². The molecule has 0 saturated carbocycles. The summed E-state index contributed by atoms with van der Waals surface area (Å²) in [5.41, 5.74) is 5.49. The molecule has 0 saturated heterocycles. The average molecular weight is 430 g/mol. The molecule has 28 heavy (non-hydrogen) atoms. The first-order chi connectivity index (χ1) is 13.6.